The number of fused-ring (bicyclic) bond motifs is 1. The largest absolute Gasteiger partial charge is 0.368 e. The molecule has 1 fully saturated rings. The van der Waals surface area contributed by atoms with Crippen LogP contribution >= 0.6 is 0 Å². The fourth-order valence-corrected chi connectivity index (χ4v) is 3.07. The number of rotatable bonds is 4. The van der Waals surface area contributed by atoms with Gasteiger partial charge in [0.15, 0.2) is 0 Å². The van der Waals surface area contributed by atoms with Crippen LogP contribution in [0.2, 0.25) is 0 Å². The molecule has 0 amide bonds. The van der Waals surface area contributed by atoms with Crippen LogP contribution < -0.4 is 5.73 Å². The third-order valence-corrected chi connectivity index (χ3v) is 4.53. The van der Waals surface area contributed by atoms with Gasteiger partial charge in [0.05, 0.1) is 41.6 Å². The minimum atomic E-state index is 0.130. The molecular weight excluding hydrogens is 342 g/mol. The number of nitrogen functional groups attached to an aromatic ring is 1. The lowest BCUT2D eigenvalue weighted by Crippen LogP contribution is -2.03. The van der Waals surface area contributed by atoms with Gasteiger partial charge in [0.25, 0.3) is 0 Å². The molecule has 9 heteroatoms. The van der Waals surface area contributed by atoms with Crippen molar-refractivity contribution in [3.63, 3.8) is 0 Å². The number of hydrogen-bond acceptors (Lipinski definition) is 7. The van der Waals surface area contributed by atoms with Crippen molar-refractivity contribution in [3.05, 3.63) is 47.9 Å². The van der Waals surface area contributed by atoms with Gasteiger partial charge in [-0.05, 0) is 37.1 Å². The van der Waals surface area contributed by atoms with E-state index >= 15 is 0 Å². The zero-order valence-corrected chi connectivity index (χ0v) is 14.3. The predicted octanol–water partition coefficient (Wildman–Crippen LogP) is 1.92. The molecule has 4 aromatic rings. The van der Waals surface area contributed by atoms with E-state index in [1.807, 2.05) is 23.1 Å². The SMILES string of the molecule is N#Cc1ccc2c(-c3cn(Cc4ccn(C5CC5)n4)nn3)nc(N)nc2c1. The van der Waals surface area contributed by atoms with Crippen LogP contribution in [0.3, 0.4) is 0 Å². The van der Waals surface area contributed by atoms with E-state index in [0.717, 1.165) is 11.1 Å². The molecule has 5 rings (SSSR count). The van der Waals surface area contributed by atoms with Gasteiger partial charge in [-0.2, -0.15) is 10.4 Å². The topological polar surface area (TPSA) is 124 Å². The summed E-state index contributed by atoms with van der Waals surface area (Å²) in [6.45, 7) is 0.532. The van der Waals surface area contributed by atoms with Crippen LogP contribution in [-0.4, -0.2) is 34.7 Å². The van der Waals surface area contributed by atoms with Crippen molar-refractivity contribution in [2.75, 3.05) is 5.73 Å². The lowest BCUT2D eigenvalue weighted by atomic mass is 10.1. The Morgan fingerprint density at radius 1 is 1.22 bits per heavy atom. The Kier molecular flexibility index (Phi) is 3.36. The molecule has 0 spiro atoms. The highest BCUT2D eigenvalue weighted by atomic mass is 15.4. The van der Waals surface area contributed by atoms with Crippen molar-refractivity contribution in [2.24, 2.45) is 0 Å². The van der Waals surface area contributed by atoms with Crippen molar-refractivity contribution in [1.82, 2.24) is 34.7 Å². The van der Waals surface area contributed by atoms with E-state index in [0.29, 0.717) is 35.1 Å². The molecule has 3 aromatic heterocycles. The van der Waals surface area contributed by atoms with E-state index in [2.05, 4.69) is 31.4 Å². The van der Waals surface area contributed by atoms with Crippen LogP contribution in [0.1, 0.15) is 30.1 Å². The van der Waals surface area contributed by atoms with Gasteiger partial charge in [0.1, 0.15) is 11.4 Å². The molecule has 27 heavy (non-hydrogen) atoms. The molecule has 1 saturated carbocycles. The minimum Gasteiger partial charge on any atom is -0.368 e. The van der Waals surface area contributed by atoms with E-state index in [4.69, 9.17) is 11.0 Å². The lowest BCUT2D eigenvalue weighted by Gasteiger charge is -2.04. The van der Waals surface area contributed by atoms with E-state index in [1.165, 1.54) is 12.8 Å². The summed E-state index contributed by atoms with van der Waals surface area (Å²) in [6, 6.07) is 9.87. The zero-order valence-electron chi connectivity index (χ0n) is 14.3. The van der Waals surface area contributed by atoms with Crippen LogP contribution in [0.25, 0.3) is 22.3 Å². The third kappa shape index (κ3) is 2.87. The summed E-state index contributed by atoms with van der Waals surface area (Å²) in [5.41, 5.74) is 9.10. The maximum absolute atomic E-state index is 9.08. The first-order chi connectivity index (χ1) is 13.2. The zero-order chi connectivity index (χ0) is 18.4. The van der Waals surface area contributed by atoms with Crippen molar-refractivity contribution in [3.8, 4) is 17.5 Å². The van der Waals surface area contributed by atoms with Crippen molar-refractivity contribution < 1.29 is 0 Å². The molecule has 1 aromatic carbocycles. The van der Waals surface area contributed by atoms with Crippen molar-refractivity contribution >= 4 is 16.9 Å². The molecule has 0 unspecified atom stereocenters. The highest BCUT2D eigenvalue weighted by Crippen LogP contribution is 2.34. The first kappa shape index (κ1) is 15.5. The maximum Gasteiger partial charge on any atom is 0.221 e. The summed E-state index contributed by atoms with van der Waals surface area (Å²) in [7, 11) is 0. The number of aromatic nitrogens is 7. The molecule has 0 bridgehead atoms. The highest BCUT2D eigenvalue weighted by Gasteiger charge is 2.24. The Labute approximate surface area is 154 Å². The molecule has 9 nitrogen and oxygen atoms in total. The van der Waals surface area contributed by atoms with E-state index in [-0.39, 0.29) is 5.95 Å². The number of anilines is 1. The van der Waals surface area contributed by atoms with Gasteiger partial charge >= 0.3 is 0 Å². The van der Waals surface area contributed by atoms with Crippen LogP contribution in [0.4, 0.5) is 5.95 Å². The molecule has 0 saturated heterocycles. The van der Waals surface area contributed by atoms with Crippen molar-refractivity contribution in [2.45, 2.75) is 25.4 Å². The quantitative estimate of drug-likeness (QED) is 0.591. The lowest BCUT2D eigenvalue weighted by molar-refractivity contribution is 0.595. The molecular formula is C18H15N9. The molecule has 1 aliphatic rings. The molecule has 3 heterocycles. The summed E-state index contributed by atoms with van der Waals surface area (Å²) in [4.78, 5) is 8.55. The first-order valence-electron chi connectivity index (χ1n) is 8.61. The third-order valence-electron chi connectivity index (χ3n) is 4.53. The fourth-order valence-electron chi connectivity index (χ4n) is 3.07. The number of nitriles is 1. The van der Waals surface area contributed by atoms with Crippen LogP contribution in [-0.2, 0) is 6.54 Å². The average Bonchev–Trinajstić information content (AvgIpc) is 3.24. The van der Waals surface area contributed by atoms with Gasteiger partial charge in [-0.1, -0.05) is 5.21 Å². The summed E-state index contributed by atoms with van der Waals surface area (Å²) >= 11 is 0. The maximum atomic E-state index is 9.08. The van der Waals surface area contributed by atoms with Gasteiger partial charge in [0.2, 0.25) is 5.95 Å². The second kappa shape index (κ2) is 5.88. The Morgan fingerprint density at radius 3 is 2.93 bits per heavy atom. The first-order valence-corrected chi connectivity index (χ1v) is 8.61. The molecule has 0 atom stereocenters. The smallest absolute Gasteiger partial charge is 0.221 e. The monoisotopic (exact) mass is 357 g/mol. The molecule has 132 valence electrons. The van der Waals surface area contributed by atoms with Crippen LogP contribution in [0.5, 0.6) is 0 Å². The number of benzene rings is 1. The van der Waals surface area contributed by atoms with E-state index in [1.54, 1.807) is 22.9 Å². The Balaban J connectivity index is 1.49. The van der Waals surface area contributed by atoms with E-state index in [9.17, 15) is 0 Å². The van der Waals surface area contributed by atoms with Gasteiger partial charge in [-0.15, -0.1) is 5.10 Å². The minimum absolute atomic E-state index is 0.130. The summed E-state index contributed by atoms with van der Waals surface area (Å²) in [5, 5.41) is 22.9. The predicted molar refractivity (Wildman–Crippen MR) is 97.3 cm³/mol. The van der Waals surface area contributed by atoms with Crippen LogP contribution in [0, 0.1) is 11.3 Å². The summed E-state index contributed by atoms with van der Waals surface area (Å²) in [5.74, 6) is 0.130. The van der Waals surface area contributed by atoms with Gasteiger partial charge in [-0.25, -0.2) is 14.6 Å². The Hall–Kier alpha value is -3.80. The second-order valence-electron chi connectivity index (χ2n) is 6.59. The molecule has 0 radical (unpaired) electrons. The molecule has 1 aliphatic carbocycles. The number of nitrogens with two attached hydrogens (primary N) is 1. The van der Waals surface area contributed by atoms with E-state index < -0.39 is 0 Å². The molecule has 0 aliphatic heterocycles. The standard InChI is InChI=1S/C18H15N9/c19-8-11-1-4-14-15(7-11)21-18(20)22-17(14)16-10-26(25-23-16)9-12-5-6-27(24-12)13-2-3-13/h1,4-7,10,13H,2-3,9H2,(H2,20,21,22). The fraction of sp³-hybridized carbons (Fsp3) is 0.222. The number of nitrogens with zero attached hydrogens (tertiary/aromatic N) is 8. The Morgan fingerprint density at radius 2 is 2.11 bits per heavy atom. The second-order valence-corrected chi connectivity index (χ2v) is 6.59. The van der Waals surface area contributed by atoms with Crippen LogP contribution in [0.15, 0.2) is 36.7 Å². The number of hydrogen-bond donors (Lipinski definition) is 1. The van der Waals surface area contributed by atoms with Gasteiger partial charge < -0.3 is 5.73 Å². The van der Waals surface area contributed by atoms with Crippen molar-refractivity contribution in [1.29, 1.82) is 5.26 Å². The highest BCUT2D eigenvalue weighted by molar-refractivity contribution is 5.92. The normalized spacial score (nSPS) is 13.7. The van der Waals surface area contributed by atoms with Gasteiger partial charge in [-0.3, -0.25) is 4.68 Å². The Bertz CT molecular complexity index is 1190. The summed E-state index contributed by atoms with van der Waals surface area (Å²) in [6.07, 6.45) is 6.22. The molecule has 2 N–H and O–H groups in total. The van der Waals surface area contributed by atoms with Gasteiger partial charge in [0, 0.05) is 11.6 Å². The average molecular weight is 357 g/mol. The summed E-state index contributed by atoms with van der Waals surface area (Å²) < 4.78 is 3.74.